The number of hydrogen-bond donors (Lipinski definition) is 2. The minimum atomic E-state index is -1.30. The number of aliphatic carboxylic acids is 1. The van der Waals surface area contributed by atoms with E-state index in [1.54, 1.807) is 24.3 Å². The Morgan fingerprint density at radius 1 is 1.22 bits per heavy atom. The lowest BCUT2D eigenvalue weighted by molar-refractivity contribution is -0.383. The van der Waals surface area contributed by atoms with Gasteiger partial charge in [-0.1, -0.05) is 18.2 Å². The average Bonchev–Trinajstić information content (AvgIpc) is 3.05. The molecule has 27 heavy (non-hydrogen) atoms. The maximum atomic E-state index is 12.8. The number of nitro groups is 1. The third-order valence-corrected chi connectivity index (χ3v) is 4.84. The van der Waals surface area contributed by atoms with Gasteiger partial charge in [0.2, 0.25) is 0 Å². The van der Waals surface area contributed by atoms with E-state index < -0.39 is 22.3 Å². The van der Waals surface area contributed by atoms with E-state index in [0.717, 1.165) is 0 Å². The van der Waals surface area contributed by atoms with Crippen molar-refractivity contribution >= 4 is 28.9 Å². The number of para-hydroxylation sites is 1. The van der Waals surface area contributed by atoms with Gasteiger partial charge in [-0.05, 0) is 44.0 Å². The van der Waals surface area contributed by atoms with Crippen molar-refractivity contribution in [3.05, 3.63) is 64.2 Å². The normalized spacial score (nSPS) is 18.9. The Morgan fingerprint density at radius 3 is 2.56 bits per heavy atom. The number of nitrogens with one attached hydrogen (secondary N) is 1. The Hall–Kier alpha value is -3.42. The standard InChI is InChI=1S/C19H19N3O5/c1-19(18(24)25)10-5-11-21(19)17(23)13-8-9-15(16(12-13)22(26)27)20-14-6-3-2-4-7-14/h2-4,6-9,12,20H,5,10-11H2,1H3,(H,24,25). The van der Waals surface area contributed by atoms with E-state index in [1.165, 1.54) is 30.0 Å². The minimum Gasteiger partial charge on any atom is -0.480 e. The maximum absolute atomic E-state index is 12.8. The lowest BCUT2D eigenvalue weighted by Crippen LogP contribution is -2.50. The van der Waals surface area contributed by atoms with Gasteiger partial charge in [0, 0.05) is 23.9 Å². The number of hydrogen-bond acceptors (Lipinski definition) is 5. The number of amides is 1. The van der Waals surface area contributed by atoms with Gasteiger partial charge in [0.05, 0.1) is 4.92 Å². The number of nitrogens with zero attached hydrogens (tertiary/aromatic N) is 2. The average molecular weight is 369 g/mol. The summed E-state index contributed by atoms with van der Waals surface area (Å²) in [7, 11) is 0. The number of benzene rings is 2. The molecule has 2 N–H and O–H groups in total. The van der Waals surface area contributed by atoms with Crippen molar-refractivity contribution in [1.29, 1.82) is 0 Å². The Kier molecular flexibility index (Phi) is 4.81. The molecule has 0 radical (unpaired) electrons. The van der Waals surface area contributed by atoms with Crippen molar-refractivity contribution in [2.75, 3.05) is 11.9 Å². The molecular weight excluding hydrogens is 350 g/mol. The van der Waals surface area contributed by atoms with Crippen LogP contribution in [0, 0.1) is 10.1 Å². The van der Waals surface area contributed by atoms with Crippen LogP contribution in [0.2, 0.25) is 0 Å². The molecule has 1 aliphatic rings. The van der Waals surface area contributed by atoms with E-state index in [9.17, 15) is 24.8 Å². The maximum Gasteiger partial charge on any atom is 0.329 e. The number of carbonyl (C=O) groups is 2. The van der Waals surface area contributed by atoms with E-state index in [0.29, 0.717) is 25.1 Å². The molecule has 0 aliphatic carbocycles. The van der Waals surface area contributed by atoms with Crippen molar-refractivity contribution in [2.24, 2.45) is 0 Å². The van der Waals surface area contributed by atoms with Crippen LogP contribution in [0.4, 0.5) is 17.1 Å². The zero-order valence-electron chi connectivity index (χ0n) is 14.7. The molecule has 0 spiro atoms. The molecule has 1 heterocycles. The summed E-state index contributed by atoms with van der Waals surface area (Å²) in [5.41, 5.74) is -0.522. The van der Waals surface area contributed by atoms with Crippen molar-refractivity contribution in [3.63, 3.8) is 0 Å². The van der Waals surface area contributed by atoms with E-state index in [1.807, 2.05) is 6.07 Å². The van der Waals surface area contributed by atoms with E-state index in [4.69, 9.17) is 0 Å². The summed E-state index contributed by atoms with van der Waals surface area (Å²) >= 11 is 0. The smallest absolute Gasteiger partial charge is 0.329 e. The lowest BCUT2D eigenvalue weighted by Gasteiger charge is -2.31. The highest BCUT2D eigenvalue weighted by molar-refractivity contribution is 5.99. The summed E-state index contributed by atoms with van der Waals surface area (Å²) in [6.07, 6.45) is 0.925. The number of nitro benzene ring substituents is 1. The highest BCUT2D eigenvalue weighted by Gasteiger charge is 2.46. The van der Waals surface area contributed by atoms with Gasteiger partial charge in [-0.3, -0.25) is 14.9 Å². The van der Waals surface area contributed by atoms with Gasteiger partial charge in [0.15, 0.2) is 0 Å². The van der Waals surface area contributed by atoms with Gasteiger partial charge in [-0.2, -0.15) is 0 Å². The largest absolute Gasteiger partial charge is 0.480 e. The molecule has 1 aliphatic heterocycles. The van der Waals surface area contributed by atoms with Crippen LogP contribution in [0.25, 0.3) is 0 Å². The number of carbonyl (C=O) groups excluding carboxylic acids is 1. The van der Waals surface area contributed by atoms with Gasteiger partial charge >= 0.3 is 5.97 Å². The number of carboxylic acid groups (broad SMARTS) is 1. The van der Waals surface area contributed by atoms with Crippen molar-refractivity contribution in [2.45, 2.75) is 25.3 Å². The molecule has 1 atom stereocenters. The molecule has 8 nitrogen and oxygen atoms in total. The van der Waals surface area contributed by atoms with Crippen LogP contribution in [-0.4, -0.2) is 38.9 Å². The summed E-state index contributed by atoms with van der Waals surface area (Å²) in [5.74, 6) is -1.60. The topological polar surface area (TPSA) is 113 Å². The molecule has 3 rings (SSSR count). The number of rotatable bonds is 5. The molecular formula is C19H19N3O5. The second-order valence-corrected chi connectivity index (χ2v) is 6.62. The number of carboxylic acids is 1. The van der Waals surface area contributed by atoms with E-state index >= 15 is 0 Å². The number of likely N-dealkylation sites (tertiary alicyclic amines) is 1. The van der Waals surface area contributed by atoms with Gasteiger partial charge in [-0.15, -0.1) is 0 Å². The second kappa shape index (κ2) is 7.06. The number of anilines is 2. The summed E-state index contributed by atoms with van der Waals surface area (Å²) < 4.78 is 0. The lowest BCUT2D eigenvalue weighted by atomic mass is 9.98. The summed E-state index contributed by atoms with van der Waals surface area (Å²) in [6, 6.07) is 13.1. The summed E-state index contributed by atoms with van der Waals surface area (Å²) in [5, 5.41) is 23.9. The molecule has 2 aromatic carbocycles. The first-order chi connectivity index (χ1) is 12.8. The van der Waals surface area contributed by atoms with Gasteiger partial charge in [0.1, 0.15) is 11.2 Å². The molecule has 1 amide bonds. The molecule has 0 saturated carbocycles. The van der Waals surface area contributed by atoms with Gasteiger partial charge < -0.3 is 15.3 Å². The van der Waals surface area contributed by atoms with Gasteiger partial charge in [0.25, 0.3) is 11.6 Å². The highest BCUT2D eigenvalue weighted by atomic mass is 16.6. The third-order valence-electron chi connectivity index (χ3n) is 4.84. The van der Waals surface area contributed by atoms with Crippen LogP contribution in [0.5, 0.6) is 0 Å². The molecule has 1 saturated heterocycles. The molecule has 1 unspecified atom stereocenters. The Labute approximate surface area is 155 Å². The van der Waals surface area contributed by atoms with Crippen LogP contribution in [-0.2, 0) is 4.79 Å². The Morgan fingerprint density at radius 2 is 1.93 bits per heavy atom. The van der Waals surface area contributed by atoms with E-state index in [2.05, 4.69) is 5.32 Å². The first-order valence-corrected chi connectivity index (χ1v) is 8.49. The SMILES string of the molecule is CC1(C(=O)O)CCCN1C(=O)c1ccc(Nc2ccccc2)c([N+](=O)[O-])c1. The van der Waals surface area contributed by atoms with Crippen LogP contribution in [0.15, 0.2) is 48.5 Å². The first-order valence-electron chi connectivity index (χ1n) is 8.49. The molecule has 0 bridgehead atoms. The Bertz CT molecular complexity index is 899. The predicted octanol–water partition coefficient (Wildman–Crippen LogP) is 3.42. The second-order valence-electron chi connectivity index (χ2n) is 6.62. The quantitative estimate of drug-likeness (QED) is 0.617. The zero-order valence-corrected chi connectivity index (χ0v) is 14.7. The Balaban J connectivity index is 1.93. The fourth-order valence-electron chi connectivity index (χ4n) is 3.27. The molecule has 1 fully saturated rings. The fraction of sp³-hybridized carbons (Fsp3) is 0.263. The van der Waals surface area contributed by atoms with Crippen LogP contribution < -0.4 is 5.32 Å². The van der Waals surface area contributed by atoms with Gasteiger partial charge in [-0.25, -0.2) is 4.79 Å². The molecule has 0 aromatic heterocycles. The summed E-state index contributed by atoms with van der Waals surface area (Å²) in [6.45, 7) is 1.80. The minimum absolute atomic E-state index is 0.0923. The van der Waals surface area contributed by atoms with Crippen molar-refractivity contribution in [3.8, 4) is 0 Å². The molecule has 8 heteroatoms. The zero-order chi connectivity index (χ0) is 19.6. The summed E-state index contributed by atoms with van der Waals surface area (Å²) in [4.78, 5) is 36.6. The predicted molar refractivity (Wildman–Crippen MR) is 99.1 cm³/mol. The monoisotopic (exact) mass is 369 g/mol. The van der Waals surface area contributed by atoms with E-state index in [-0.39, 0.29) is 16.9 Å². The molecule has 2 aromatic rings. The van der Waals surface area contributed by atoms with Crippen LogP contribution >= 0.6 is 0 Å². The fourth-order valence-corrected chi connectivity index (χ4v) is 3.27. The first kappa shape index (κ1) is 18.4. The van der Waals surface area contributed by atoms with Crippen LogP contribution in [0.1, 0.15) is 30.1 Å². The molecule has 140 valence electrons. The van der Waals surface area contributed by atoms with Crippen molar-refractivity contribution in [1.82, 2.24) is 4.90 Å². The third kappa shape index (κ3) is 3.46. The highest BCUT2D eigenvalue weighted by Crippen LogP contribution is 2.33. The van der Waals surface area contributed by atoms with Crippen molar-refractivity contribution < 1.29 is 19.6 Å². The van der Waals surface area contributed by atoms with Crippen LogP contribution in [0.3, 0.4) is 0 Å².